The monoisotopic (exact) mass is 310 g/mol. The maximum Gasteiger partial charge on any atom is 0.227 e. The highest BCUT2D eigenvalue weighted by atomic mass is 16.5. The quantitative estimate of drug-likeness (QED) is 0.834. The van der Waals surface area contributed by atoms with Gasteiger partial charge in [0.25, 0.3) is 0 Å². The molecule has 22 heavy (non-hydrogen) atoms. The second-order valence-electron chi connectivity index (χ2n) is 7.94. The number of nitrogens with zero attached hydrogens (tertiary/aromatic N) is 3. The van der Waals surface area contributed by atoms with Crippen molar-refractivity contribution in [2.45, 2.75) is 52.9 Å². The van der Waals surface area contributed by atoms with Crippen molar-refractivity contribution in [3.05, 3.63) is 11.7 Å². The first kappa shape index (κ1) is 18.6. The van der Waals surface area contributed by atoms with Gasteiger partial charge in [0.05, 0.1) is 0 Å². The van der Waals surface area contributed by atoms with Gasteiger partial charge in [-0.15, -0.1) is 0 Å². The lowest BCUT2D eigenvalue weighted by Gasteiger charge is -2.28. The minimum Gasteiger partial charge on any atom is -0.356 e. The van der Waals surface area contributed by atoms with E-state index >= 15 is 0 Å². The number of aromatic nitrogens is 2. The highest BCUT2D eigenvalue weighted by Crippen LogP contribution is 2.19. The maximum absolute atomic E-state index is 11.9. The topological polar surface area (TPSA) is 71.3 Å². The van der Waals surface area contributed by atoms with E-state index in [-0.39, 0.29) is 16.7 Å². The van der Waals surface area contributed by atoms with Crippen molar-refractivity contribution in [3.63, 3.8) is 0 Å². The SMILES string of the molecule is CN(C)CC(C)(C)CNC(=O)CCc1nc(C(C)(C)C)no1. The van der Waals surface area contributed by atoms with Crippen molar-refractivity contribution >= 4 is 5.91 Å². The van der Waals surface area contributed by atoms with Crippen LogP contribution in [0.1, 0.15) is 52.8 Å². The first-order valence-electron chi connectivity index (χ1n) is 7.74. The predicted molar refractivity (Wildman–Crippen MR) is 86.7 cm³/mol. The number of carbonyl (C=O) groups excluding carboxylic acids is 1. The van der Waals surface area contributed by atoms with Gasteiger partial charge in [-0.2, -0.15) is 4.98 Å². The van der Waals surface area contributed by atoms with Crippen LogP contribution < -0.4 is 5.32 Å². The second-order valence-corrected chi connectivity index (χ2v) is 7.94. The summed E-state index contributed by atoms with van der Waals surface area (Å²) in [4.78, 5) is 18.4. The zero-order chi connectivity index (χ0) is 17.0. The van der Waals surface area contributed by atoms with Crippen molar-refractivity contribution in [2.75, 3.05) is 27.2 Å². The largest absolute Gasteiger partial charge is 0.356 e. The molecule has 0 saturated carbocycles. The maximum atomic E-state index is 11.9. The fraction of sp³-hybridized carbons (Fsp3) is 0.812. The van der Waals surface area contributed by atoms with Crippen LogP contribution in [0.3, 0.4) is 0 Å². The van der Waals surface area contributed by atoms with Crippen molar-refractivity contribution in [2.24, 2.45) is 5.41 Å². The Morgan fingerprint density at radius 3 is 2.36 bits per heavy atom. The molecule has 1 aromatic heterocycles. The fourth-order valence-electron chi connectivity index (χ4n) is 2.22. The summed E-state index contributed by atoms with van der Waals surface area (Å²) >= 11 is 0. The fourth-order valence-corrected chi connectivity index (χ4v) is 2.22. The molecule has 1 rings (SSSR count). The third-order valence-electron chi connectivity index (χ3n) is 3.21. The summed E-state index contributed by atoms with van der Waals surface area (Å²) in [7, 11) is 4.07. The zero-order valence-corrected chi connectivity index (χ0v) is 15.0. The van der Waals surface area contributed by atoms with Crippen molar-refractivity contribution in [3.8, 4) is 0 Å². The lowest BCUT2D eigenvalue weighted by molar-refractivity contribution is -0.121. The van der Waals surface area contributed by atoms with E-state index in [1.165, 1.54) is 0 Å². The third-order valence-corrected chi connectivity index (χ3v) is 3.21. The van der Waals surface area contributed by atoms with Gasteiger partial charge in [-0.25, -0.2) is 0 Å². The molecule has 0 bridgehead atoms. The average Bonchev–Trinajstić information content (AvgIpc) is 2.81. The summed E-state index contributed by atoms with van der Waals surface area (Å²) < 4.78 is 5.19. The van der Waals surface area contributed by atoms with E-state index in [9.17, 15) is 4.79 Å². The molecule has 0 aromatic carbocycles. The number of aryl methyl sites for hydroxylation is 1. The Labute approximate surface area is 133 Å². The molecule has 126 valence electrons. The van der Waals surface area contributed by atoms with Gasteiger partial charge in [-0.1, -0.05) is 39.8 Å². The number of nitrogens with one attached hydrogen (secondary N) is 1. The second kappa shape index (κ2) is 7.22. The molecule has 1 N–H and O–H groups in total. The number of hydrogen-bond acceptors (Lipinski definition) is 5. The minimum absolute atomic E-state index is 0.0161. The molecular formula is C16H30N4O2. The molecule has 1 amide bonds. The molecule has 0 radical (unpaired) electrons. The average molecular weight is 310 g/mol. The number of hydrogen-bond donors (Lipinski definition) is 1. The van der Waals surface area contributed by atoms with Gasteiger partial charge in [-0.05, 0) is 19.5 Å². The van der Waals surface area contributed by atoms with Crippen LogP contribution in [0.4, 0.5) is 0 Å². The van der Waals surface area contributed by atoms with Crippen molar-refractivity contribution < 1.29 is 9.32 Å². The Bertz CT molecular complexity index is 487. The van der Waals surface area contributed by atoms with Crippen LogP contribution in [0.25, 0.3) is 0 Å². The van der Waals surface area contributed by atoms with E-state index in [4.69, 9.17) is 4.52 Å². The van der Waals surface area contributed by atoms with Crippen LogP contribution in [-0.4, -0.2) is 48.1 Å². The van der Waals surface area contributed by atoms with E-state index in [2.05, 4.69) is 34.2 Å². The Kier molecular flexibility index (Phi) is 6.11. The molecule has 0 aliphatic carbocycles. The summed E-state index contributed by atoms with van der Waals surface area (Å²) in [5, 5.41) is 6.94. The molecule has 0 unspecified atom stereocenters. The predicted octanol–water partition coefficient (Wildman–Crippen LogP) is 2.00. The summed E-state index contributed by atoms with van der Waals surface area (Å²) in [6.07, 6.45) is 0.840. The van der Waals surface area contributed by atoms with Gasteiger partial charge >= 0.3 is 0 Å². The normalized spacial score (nSPS) is 12.7. The van der Waals surface area contributed by atoms with Gasteiger partial charge in [0.1, 0.15) is 0 Å². The van der Waals surface area contributed by atoms with Crippen LogP contribution in [0.2, 0.25) is 0 Å². The van der Waals surface area contributed by atoms with E-state index in [0.717, 1.165) is 6.54 Å². The Balaban J connectivity index is 2.39. The van der Waals surface area contributed by atoms with Gasteiger partial charge in [-0.3, -0.25) is 4.79 Å². The van der Waals surface area contributed by atoms with Gasteiger partial charge in [0.15, 0.2) is 5.82 Å². The van der Waals surface area contributed by atoms with Gasteiger partial charge in [0, 0.05) is 31.3 Å². The molecule has 1 aromatic rings. The third kappa shape index (κ3) is 6.56. The van der Waals surface area contributed by atoms with Crippen LogP contribution in [-0.2, 0) is 16.6 Å². The number of carbonyl (C=O) groups is 1. The Hall–Kier alpha value is -1.43. The van der Waals surface area contributed by atoms with E-state index in [1.807, 2.05) is 34.9 Å². The molecule has 0 spiro atoms. The standard InChI is InChI=1S/C16H30N4O2/c1-15(2,3)14-18-13(22-19-14)9-8-12(21)17-10-16(4,5)11-20(6)7/h8-11H2,1-7H3,(H,17,21). The van der Waals surface area contributed by atoms with Crippen molar-refractivity contribution in [1.82, 2.24) is 20.4 Å². The molecule has 0 atom stereocenters. The first-order chi connectivity index (χ1) is 9.99. The minimum atomic E-state index is -0.139. The molecule has 0 aliphatic rings. The highest BCUT2D eigenvalue weighted by Gasteiger charge is 2.22. The van der Waals surface area contributed by atoms with Gasteiger partial charge < -0.3 is 14.7 Å². The Morgan fingerprint density at radius 2 is 1.86 bits per heavy atom. The summed E-state index contributed by atoms with van der Waals surface area (Å²) in [6.45, 7) is 11.9. The molecular weight excluding hydrogens is 280 g/mol. The zero-order valence-electron chi connectivity index (χ0n) is 15.0. The van der Waals surface area contributed by atoms with Crippen molar-refractivity contribution in [1.29, 1.82) is 0 Å². The highest BCUT2D eigenvalue weighted by molar-refractivity contribution is 5.76. The summed E-state index contributed by atoms with van der Waals surface area (Å²) in [5.74, 6) is 1.21. The summed E-state index contributed by atoms with van der Waals surface area (Å²) in [5.41, 5.74) is -0.0940. The van der Waals surface area contributed by atoms with E-state index in [0.29, 0.717) is 31.1 Å². The smallest absolute Gasteiger partial charge is 0.227 e. The van der Waals surface area contributed by atoms with Crippen LogP contribution in [0, 0.1) is 5.41 Å². The molecule has 1 heterocycles. The van der Waals surface area contributed by atoms with E-state index in [1.54, 1.807) is 0 Å². The first-order valence-corrected chi connectivity index (χ1v) is 7.74. The van der Waals surface area contributed by atoms with E-state index < -0.39 is 0 Å². The van der Waals surface area contributed by atoms with Crippen LogP contribution >= 0.6 is 0 Å². The Morgan fingerprint density at radius 1 is 1.23 bits per heavy atom. The lowest BCUT2D eigenvalue weighted by atomic mass is 9.93. The number of rotatable bonds is 7. The van der Waals surface area contributed by atoms with Gasteiger partial charge in [0.2, 0.25) is 11.8 Å². The lowest BCUT2D eigenvalue weighted by Crippen LogP contribution is -2.40. The van der Waals surface area contributed by atoms with Crippen LogP contribution in [0.5, 0.6) is 0 Å². The molecule has 0 aliphatic heterocycles. The molecule has 6 nitrogen and oxygen atoms in total. The number of amides is 1. The molecule has 0 saturated heterocycles. The molecule has 6 heteroatoms. The molecule has 0 fully saturated rings. The van der Waals surface area contributed by atoms with Crippen LogP contribution in [0.15, 0.2) is 4.52 Å². The summed E-state index contributed by atoms with van der Waals surface area (Å²) in [6, 6.07) is 0.